The molecular formula is C16H27N3O. The minimum absolute atomic E-state index is 0.245. The Kier molecular flexibility index (Phi) is 7.88. The molecule has 1 heterocycles. The van der Waals surface area contributed by atoms with Crippen LogP contribution in [0.4, 0.5) is 0 Å². The Balaban J connectivity index is 2.19. The van der Waals surface area contributed by atoms with Gasteiger partial charge in [0, 0.05) is 45.5 Å². The van der Waals surface area contributed by atoms with Crippen LogP contribution in [0.2, 0.25) is 0 Å². The Morgan fingerprint density at radius 3 is 2.50 bits per heavy atom. The first-order valence-corrected chi connectivity index (χ1v) is 7.45. The molecule has 0 spiro atoms. The van der Waals surface area contributed by atoms with Crippen molar-refractivity contribution in [2.45, 2.75) is 32.6 Å². The molecule has 0 unspecified atom stereocenters. The molecule has 0 saturated heterocycles. The van der Waals surface area contributed by atoms with Crippen LogP contribution in [0.25, 0.3) is 0 Å². The molecular weight excluding hydrogens is 250 g/mol. The number of hydrogen-bond acceptors (Lipinski definition) is 3. The molecule has 0 aliphatic heterocycles. The van der Waals surface area contributed by atoms with Gasteiger partial charge in [-0.15, -0.1) is 0 Å². The summed E-state index contributed by atoms with van der Waals surface area (Å²) in [6.07, 6.45) is 7.46. The summed E-state index contributed by atoms with van der Waals surface area (Å²) in [6.45, 7) is 4.80. The van der Waals surface area contributed by atoms with E-state index in [1.165, 1.54) is 5.56 Å². The second-order valence-corrected chi connectivity index (χ2v) is 5.33. The summed E-state index contributed by atoms with van der Waals surface area (Å²) < 4.78 is 0. The van der Waals surface area contributed by atoms with E-state index in [1.807, 2.05) is 36.5 Å². The lowest BCUT2D eigenvalue weighted by Crippen LogP contribution is -2.32. The quantitative estimate of drug-likeness (QED) is 0.694. The Morgan fingerprint density at radius 1 is 1.15 bits per heavy atom. The molecule has 0 fully saturated rings. The Labute approximate surface area is 122 Å². The highest BCUT2D eigenvalue weighted by Crippen LogP contribution is 2.01. The molecule has 0 N–H and O–H groups in total. The molecule has 0 radical (unpaired) electrons. The van der Waals surface area contributed by atoms with Gasteiger partial charge in [-0.2, -0.15) is 0 Å². The van der Waals surface area contributed by atoms with Crippen molar-refractivity contribution in [3.05, 3.63) is 30.1 Å². The van der Waals surface area contributed by atoms with E-state index in [-0.39, 0.29) is 5.91 Å². The largest absolute Gasteiger partial charge is 0.346 e. The van der Waals surface area contributed by atoms with Crippen LogP contribution in [0.1, 0.15) is 31.7 Å². The average molecular weight is 277 g/mol. The van der Waals surface area contributed by atoms with Crippen LogP contribution in [0, 0.1) is 0 Å². The monoisotopic (exact) mass is 277 g/mol. The lowest BCUT2D eigenvalue weighted by Gasteiger charge is -2.20. The van der Waals surface area contributed by atoms with E-state index in [0.717, 1.165) is 38.9 Å². The van der Waals surface area contributed by atoms with Crippen molar-refractivity contribution in [2.24, 2.45) is 0 Å². The van der Waals surface area contributed by atoms with Gasteiger partial charge in [-0.3, -0.25) is 9.78 Å². The number of aromatic nitrogens is 1. The number of nitrogens with zero attached hydrogens (tertiary/aromatic N) is 3. The Morgan fingerprint density at radius 2 is 1.85 bits per heavy atom. The molecule has 112 valence electrons. The number of rotatable bonds is 9. The third-order valence-electron chi connectivity index (χ3n) is 3.51. The van der Waals surface area contributed by atoms with Gasteiger partial charge in [0.25, 0.3) is 0 Å². The van der Waals surface area contributed by atoms with E-state index in [1.54, 1.807) is 0 Å². The van der Waals surface area contributed by atoms with Gasteiger partial charge in [0.05, 0.1) is 0 Å². The molecule has 0 atom stereocenters. The molecule has 1 aromatic heterocycles. The fourth-order valence-electron chi connectivity index (χ4n) is 1.98. The maximum Gasteiger partial charge on any atom is 0.223 e. The van der Waals surface area contributed by atoms with Crippen molar-refractivity contribution >= 4 is 5.91 Å². The summed E-state index contributed by atoms with van der Waals surface area (Å²) in [5, 5.41) is 0. The molecule has 1 aromatic rings. The molecule has 0 aromatic carbocycles. The lowest BCUT2D eigenvalue weighted by atomic mass is 10.2. The summed E-state index contributed by atoms with van der Waals surface area (Å²) >= 11 is 0. The zero-order chi connectivity index (χ0) is 14.8. The van der Waals surface area contributed by atoms with Gasteiger partial charge in [-0.25, -0.2) is 0 Å². The number of likely N-dealkylation sites (N-methyl/N-ethyl adjacent to an activating group) is 1. The maximum atomic E-state index is 11.9. The first kappa shape index (κ1) is 16.6. The van der Waals surface area contributed by atoms with E-state index in [0.29, 0.717) is 6.42 Å². The van der Waals surface area contributed by atoms with Gasteiger partial charge < -0.3 is 9.80 Å². The van der Waals surface area contributed by atoms with Crippen molar-refractivity contribution in [2.75, 3.05) is 33.7 Å². The predicted octanol–water partition coefficient (Wildman–Crippen LogP) is 2.20. The fourth-order valence-corrected chi connectivity index (χ4v) is 1.98. The van der Waals surface area contributed by atoms with Gasteiger partial charge in [-0.1, -0.05) is 13.3 Å². The van der Waals surface area contributed by atoms with Crippen LogP contribution < -0.4 is 0 Å². The number of unbranched alkanes of at least 4 members (excludes halogenated alkanes) is 1. The molecule has 0 bridgehead atoms. The van der Waals surface area contributed by atoms with Gasteiger partial charge in [0.2, 0.25) is 5.91 Å². The third kappa shape index (κ3) is 6.66. The minimum atomic E-state index is 0.245. The van der Waals surface area contributed by atoms with Crippen LogP contribution >= 0.6 is 0 Å². The second kappa shape index (κ2) is 9.48. The molecule has 0 saturated carbocycles. The van der Waals surface area contributed by atoms with Crippen molar-refractivity contribution in [1.82, 2.24) is 14.8 Å². The summed E-state index contributed by atoms with van der Waals surface area (Å²) in [4.78, 5) is 20.0. The molecule has 1 amide bonds. The van der Waals surface area contributed by atoms with E-state index < -0.39 is 0 Å². The molecule has 4 heteroatoms. The lowest BCUT2D eigenvalue weighted by molar-refractivity contribution is -0.130. The van der Waals surface area contributed by atoms with Gasteiger partial charge >= 0.3 is 0 Å². The van der Waals surface area contributed by atoms with Crippen LogP contribution in [0.15, 0.2) is 24.5 Å². The number of amides is 1. The molecule has 1 rings (SSSR count). The molecule has 0 aliphatic rings. The van der Waals surface area contributed by atoms with Crippen molar-refractivity contribution in [3.8, 4) is 0 Å². The highest BCUT2D eigenvalue weighted by molar-refractivity contribution is 5.76. The smallest absolute Gasteiger partial charge is 0.223 e. The second-order valence-electron chi connectivity index (χ2n) is 5.33. The summed E-state index contributed by atoms with van der Waals surface area (Å²) in [5.41, 5.74) is 1.29. The SMILES string of the molecule is CCCCN(C)C(=O)CCN(C)CCc1ccncc1. The predicted molar refractivity (Wildman–Crippen MR) is 82.6 cm³/mol. The van der Waals surface area contributed by atoms with Crippen LogP contribution in [-0.4, -0.2) is 54.4 Å². The first-order valence-electron chi connectivity index (χ1n) is 7.45. The highest BCUT2D eigenvalue weighted by atomic mass is 16.2. The van der Waals surface area contributed by atoms with Crippen LogP contribution in [0.5, 0.6) is 0 Å². The highest BCUT2D eigenvalue weighted by Gasteiger charge is 2.09. The molecule has 0 aliphatic carbocycles. The van der Waals surface area contributed by atoms with E-state index in [9.17, 15) is 4.79 Å². The summed E-state index contributed by atoms with van der Waals surface area (Å²) in [5.74, 6) is 0.245. The fraction of sp³-hybridized carbons (Fsp3) is 0.625. The van der Waals surface area contributed by atoms with E-state index in [2.05, 4.69) is 23.9 Å². The maximum absolute atomic E-state index is 11.9. The third-order valence-corrected chi connectivity index (χ3v) is 3.51. The number of hydrogen-bond donors (Lipinski definition) is 0. The Bertz CT molecular complexity index is 381. The van der Waals surface area contributed by atoms with Crippen LogP contribution in [0.3, 0.4) is 0 Å². The van der Waals surface area contributed by atoms with E-state index in [4.69, 9.17) is 0 Å². The number of pyridine rings is 1. The van der Waals surface area contributed by atoms with Crippen LogP contribution in [-0.2, 0) is 11.2 Å². The summed E-state index contributed by atoms with van der Waals surface area (Å²) in [7, 11) is 3.97. The zero-order valence-corrected chi connectivity index (χ0v) is 13.0. The topological polar surface area (TPSA) is 36.4 Å². The standard InChI is InChI=1S/C16H27N3O/c1-4-5-12-19(3)16(20)9-14-18(2)13-8-15-6-10-17-11-7-15/h6-7,10-11H,4-5,8-9,12-14H2,1-3H3. The van der Waals surface area contributed by atoms with Crippen molar-refractivity contribution in [1.29, 1.82) is 0 Å². The van der Waals surface area contributed by atoms with E-state index >= 15 is 0 Å². The number of carbonyl (C=O) groups excluding carboxylic acids is 1. The zero-order valence-electron chi connectivity index (χ0n) is 13.0. The summed E-state index contributed by atoms with van der Waals surface area (Å²) in [6, 6.07) is 4.08. The van der Waals surface area contributed by atoms with Crippen molar-refractivity contribution < 1.29 is 4.79 Å². The minimum Gasteiger partial charge on any atom is -0.346 e. The molecule has 4 nitrogen and oxygen atoms in total. The van der Waals surface area contributed by atoms with Gasteiger partial charge in [0.15, 0.2) is 0 Å². The normalized spacial score (nSPS) is 10.8. The van der Waals surface area contributed by atoms with Gasteiger partial charge in [-0.05, 0) is 37.6 Å². The Hall–Kier alpha value is -1.42. The molecule has 20 heavy (non-hydrogen) atoms. The average Bonchev–Trinajstić information content (AvgIpc) is 2.49. The first-order chi connectivity index (χ1) is 9.63. The van der Waals surface area contributed by atoms with Crippen molar-refractivity contribution in [3.63, 3.8) is 0 Å². The number of carbonyl (C=O) groups is 1. The van der Waals surface area contributed by atoms with Gasteiger partial charge in [0.1, 0.15) is 0 Å².